The van der Waals surface area contributed by atoms with Gasteiger partial charge in [-0.2, -0.15) is 0 Å². The molecule has 0 aromatic heterocycles. The molecule has 2 heteroatoms. The predicted octanol–water partition coefficient (Wildman–Crippen LogP) is 3.17. The summed E-state index contributed by atoms with van der Waals surface area (Å²) >= 11 is 0. The van der Waals surface area contributed by atoms with Crippen LogP contribution < -0.4 is 5.32 Å². The zero-order chi connectivity index (χ0) is 12.4. The minimum atomic E-state index is 0.782. The summed E-state index contributed by atoms with van der Waals surface area (Å²) in [7, 11) is 2.36. The molecule has 0 spiro atoms. The normalized spacial score (nSPS) is 38.0. The molecule has 0 aromatic carbocycles. The number of hydrogen-bond donors (Lipinski definition) is 1. The molecule has 1 aliphatic heterocycles. The molecule has 2 aliphatic carbocycles. The van der Waals surface area contributed by atoms with E-state index in [2.05, 4.69) is 17.3 Å². The number of hydrogen-bond acceptors (Lipinski definition) is 2. The van der Waals surface area contributed by atoms with Crippen molar-refractivity contribution in [2.75, 3.05) is 13.6 Å². The zero-order valence-electron chi connectivity index (χ0n) is 12.0. The van der Waals surface area contributed by atoms with E-state index < -0.39 is 0 Å². The second kappa shape index (κ2) is 5.92. The van der Waals surface area contributed by atoms with Gasteiger partial charge in [0, 0.05) is 24.7 Å². The molecule has 3 fully saturated rings. The van der Waals surface area contributed by atoms with Crippen molar-refractivity contribution >= 4 is 0 Å². The summed E-state index contributed by atoms with van der Waals surface area (Å²) in [4.78, 5) is 2.66. The Labute approximate surface area is 113 Å². The zero-order valence-corrected chi connectivity index (χ0v) is 12.0. The summed E-state index contributed by atoms with van der Waals surface area (Å²) < 4.78 is 0. The van der Waals surface area contributed by atoms with E-state index in [-0.39, 0.29) is 0 Å². The Morgan fingerprint density at radius 1 is 0.944 bits per heavy atom. The maximum Gasteiger partial charge on any atom is 0.0200 e. The molecule has 2 nitrogen and oxygen atoms in total. The van der Waals surface area contributed by atoms with Crippen LogP contribution >= 0.6 is 0 Å². The van der Waals surface area contributed by atoms with Crippen molar-refractivity contribution < 1.29 is 0 Å². The van der Waals surface area contributed by atoms with Crippen LogP contribution in [-0.4, -0.2) is 36.6 Å². The van der Waals surface area contributed by atoms with Crippen LogP contribution in [0.15, 0.2) is 0 Å². The SMILES string of the molecule is CN(CC1CC2CCCCC2N1)C1CCCCC1. The van der Waals surface area contributed by atoms with Crippen molar-refractivity contribution in [3.63, 3.8) is 0 Å². The van der Waals surface area contributed by atoms with Crippen molar-refractivity contribution in [2.24, 2.45) is 5.92 Å². The fraction of sp³-hybridized carbons (Fsp3) is 1.00. The standard InChI is InChI=1S/C16H30N2/c1-18(15-8-3-2-4-9-15)12-14-11-13-7-5-6-10-16(13)17-14/h13-17H,2-12H2,1H3. The van der Waals surface area contributed by atoms with Crippen LogP contribution in [0.3, 0.4) is 0 Å². The van der Waals surface area contributed by atoms with Gasteiger partial charge in [0.1, 0.15) is 0 Å². The van der Waals surface area contributed by atoms with Gasteiger partial charge >= 0.3 is 0 Å². The van der Waals surface area contributed by atoms with Crippen molar-refractivity contribution in [2.45, 2.75) is 82.3 Å². The van der Waals surface area contributed by atoms with Crippen LogP contribution in [0, 0.1) is 5.92 Å². The molecule has 3 aliphatic rings. The smallest absolute Gasteiger partial charge is 0.0200 e. The minimum Gasteiger partial charge on any atom is -0.310 e. The van der Waals surface area contributed by atoms with E-state index >= 15 is 0 Å². The first-order valence-electron chi connectivity index (χ1n) is 8.29. The monoisotopic (exact) mass is 250 g/mol. The molecule has 3 atom stereocenters. The molecule has 3 unspecified atom stereocenters. The lowest BCUT2D eigenvalue weighted by Crippen LogP contribution is -2.43. The van der Waals surface area contributed by atoms with E-state index in [0.29, 0.717) is 0 Å². The first-order chi connectivity index (χ1) is 8.83. The highest BCUT2D eigenvalue weighted by molar-refractivity contribution is 4.94. The summed E-state index contributed by atoms with van der Waals surface area (Å²) in [6, 6.07) is 2.52. The molecule has 18 heavy (non-hydrogen) atoms. The van der Waals surface area contributed by atoms with Crippen molar-refractivity contribution in [1.29, 1.82) is 0 Å². The molecular formula is C16H30N2. The van der Waals surface area contributed by atoms with Crippen LogP contribution in [-0.2, 0) is 0 Å². The molecule has 0 radical (unpaired) electrons. The van der Waals surface area contributed by atoms with Gasteiger partial charge in [0.2, 0.25) is 0 Å². The highest BCUT2D eigenvalue weighted by Crippen LogP contribution is 2.33. The molecule has 0 amide bonds. The lowest BCUT2D eigenvalue weighted by atomic mass is 9.85. The van der Waals surface area contributed by atoms with Gasteiger partial charge in [-0.15, -0.1) is 0 Å². The third kappa shape index (κ3) is 2.91. The van der Waals surface area contributed by atoms with Gasteiger partial charge in [0.05, 0.1) is 0 Å². The lowest BCUT2D eigenvalue weighted by molar-refractivity contribution is 0.177. The Morgan fingerprint density at radius 3 is 2.44 bits per heavy atom. The van der Waals surface area contributed by atoms with E-state index in [4.69, 9.17) is 0 Å². The number of nitrogens with one attached hydrogen (secondary N) is 1. The molecule has 3 rings (SSSR count). The third-order valence-corrected chi connectivity index (χ3v) is 5.65. The number of rotatable bonds is 3. The number of fused-ring (bicyclic) bond motifs is 1. The maximum atomic E-state index is 3.92. The summed E-state index contributed by atoms with van der Waals surface area (Å²) in [5, 5.41) is 3.92. The van der Waals surface area contributed by atoms with Gasteiger partial charge in [-0.3, -0.25) is 0 Å². The Bertz CT molecular complexity index is 246. The van der Waals surface area contributed by atoms with E-state index in [0.717, 1.165) is 24.0 Å². The topological polar surface area (TPSA) is 15.3 Å². The van der Waals surface area contributed by atoms with Crippen LogP contribution in [0.4, 0.5) is 0 Å². The third-order valence-electron chi connectivity index (χ3n) is 5.65. The van der Waals surface area contributed by atoms with Gasteiger partial charge in [0.25, 0.3) is 0 Å². The highest BCUT2D eigenvalue weighted by atomic mass is 15.2. The van der Waals surface area contributed by atoms with E-state index in [9.17, 15) is 0 Å². The van der Waals surface area contributed by atoms with Crippen LogP contribution in [0.1, 0.15) is 64.2 Å². The van der Waals surface area contributed by atoms with Crippen LogP contribution in [0.5, 0.6) is 0 Å². The average molecular weight is 250 g/mol. The van der Waals surface area contributed by atoms with Gasteiger partial charge in [0.15, 0.2) is 0 Å². The average Bonchev–Trinajstić information content (AvgIpc) is 2.82. The second-order valence-corrected chi connectivity index (χ2v) is 6.98. The minimum absolute atomic E-state index is 0.782. The molecule has 2 saturated carbocycles. The number of nitrogens with zero attached hydrogens (tertiary/aromatic N) is 1. The largest absolute Gasteiger partial charge is 0.310 e. The Kier molecular flexibility index (Phi) is 4.25. The molecular weight excluding hydrogens is 220 g/mol. The number of likely N-dealkylation sites (N-methyl/N-ethyl adjacent to an activating group) is 1. The molecule has 0 bridgehead atoms. The van der Waals surface area contributed by atoms with Crippen LogP contribution in [0.25, 0.3) is 0 Å². The van der Waals surface area contributed by atoms with Crippen molar-refractivity contribution in [3.05, 3.63) is 0 Å². The molecule has 0 aromatic rings. The fourth-order valence-corrected chi connectivity index (χ4v) is 4.59. The fourth-order valence-electron chi connectivity index (χ4n) is 4.59. The molecule has 1 N–H and O–H groups in total. The van der Waals surface area contributed by atoms with Gasteiger partial charge < -0.3 is 10.2 Å². The Morgan fingerprint density at radius 2 is 1.67 bits per heavy atom. The van der Waals surface area contributed by atoms with E-state index in [1.54, 1.807) is 0 Å². The molecule has 1 saturated heterocycles. The lowest BCUT2D eigenvalue weighted by Gasteiger charge is -2.33. The van der Waals surface area contributed by atoms with E-state index in [1.807, 2.05) is 0 Å². The maximum absolute atomic E-state index is 3.92. The second-order valence-electron chi connectivity index (χ2n) is 6.98. The highest BCUT2D eigenvalue weighted by Gasteiger charge is 2.35. The summed E-state index contributed by atoms with van der Waals surface area (Å²) in [6.07, 6.45) is 14.6. The Hall–Kier alpha value is -0.0800. The van der Waals surface area contributed by atoms with Gasteiger partial charge in [-0.05, 0) is 45.1 Å². The van der Waals surface area contributed by atoms with Crippen molar-refractivity contribution in [3.8, 4) is 0 Å². The quantitative estimate of drug-likeness (QED) is 0.827. The summed E-state index contributed by atoms with van der Waals surface area (Å²) in [6.45, 7) is 1.29. The first kappa shape index (κ1) is 12.9. The summed E-state index contributed by atoms with van der Waals surface area (Å²) in [5.41, 5.74) is 0. The Balaban J connectivity index is 1.47. The van der Waals surface area contributed by atoms with Crippen molar-refractivity contribution in [1.82, 2.24) is 10.2 Å². The molecule has 1 heterocycles. The first-order valence-corrected chi connectivity index (χ1v) is 8.29. The van der Waals surface area contributed by atoms with Gasteiger partial charge in [-0.25, -0.2) is 0 Å². The van der Waals surface area contributed by atoms with Gasteiger partial charge in [-0.1, -0.05) is 32.1 Å². The van der Waals surface area contributed by atoms with E-state index in [1.165, 1.54) is 70.8 Å². The predicted molar refractivity (Wildman–Crippen MR) is 76.8 cm³/mol. The molecule has 104 valence electrons. The van der Waals surface area contributed by atoms with Crippen LogP contribution in [0.2, 0.25) is 0 Å². The summed E-state index contributed by atoms with van der Waals surface area (Å²) in [5.74, 6) is 1.00.